The smallest absolute Gasteiger partial charge is 0.335 e. The van der Waals surface area contributed by atoms with Gasteiger partial charge in [0.1, 0.15) is 0 Å². The molecule has 0 heterocycles. The minimum Gasteiger partial charge on any atom is -0.504 e. The third kappa shape index (κ3) is 2.49. The van der Waals surface area contributed by atoms with Crippen LogP contribution in [0.15, 0.2) is 24.8 Å². The minimum absolute atomic E-state index is 0.0150. The predicted molar refractivity (Wildman–Crippen MR) is 55.9 cm³/mol. The van der Waals surface area contributed by atoms with Crippen molar-refractivity contribution in [1.29, 1.82) is 0 Å². The third-order valence-corrected chi connectivity index (χ3v) is 1.87. The summed E-state index contributed by atoms with van der Waals surface area (Å²) in [6.45, 7) is 5.59. The van der Waals surface area contributed by atoms with Gasteiger partial charge in [0, 0.05) is 0 Å². The van der Waals surface area contributed by atoms with Crippen LogP contribution in [0, 0.1) is 0 Å². The molecule has 0 atom stereocenters. The first-order valence-electron chi connectivity index (χ1n) is 4.44. The van der Waals surface area contributed by atoms with E-state index in [9.17, 15) is 9.90 Å². The van der Waals surface area contributed by atoms with Crippen LogP contribution in [-0.2, 0) is 4.79 Å². The van der Waals surface area contributed by atoms with Crippen LogP contribution in [-0.4, -0.2) is 22.8 Å². The average molecular weight is 208 g/mol. The number of rotatable bonds is 4. The fourth-order valence-corrected chi connectivity index (χ4v) is 1.10. The maximum atomic E-state index is 10.7. The SMILES string of the molecule is C=C(C(=O)O)c1ccc(O)c(OCC)c1. The summed E-state index contributed by atoms with van der Waals surface area (Å²) in [4.78, 5) is 10.7. The number of aromatic hydroxyl groups is 1. The molecule has 0 aromatic heterocycles. The van der Waals surface area contributed by atoms with E-state index in [1.807, 2.05) is 0 Å². The summed E-state index contributed by atoms with van der Waals surface area (Å²) in [6.07, 6.45) is 0. The highest BCUT2D eigenvalue weighted by Gasteiger charge is 2.10. The molecule has 1 aromatic carbocycles. The van der Waals surface area contributed by atoms with Crippen molar-refractivity contribution in [3.05, 3.63) is 30.3 Å². The zero-order valence-corrected chi connectivity index (χ0v) is 8.36. The van der Waals surface area contributed by atoms with Crippen LogP contribution in [0.4, 0.5) is 0 Å². The second kappa shape index (κ2) is 4.50. The highest BCUT2D eigenvalue weighted by atomic mass is 16.5. The Kier molecular flexibility index (Phi) is 3.33. The first-order valence-corrected chi connectivity index (χ1v) is 4.44. The molecule has 4 heteroatoms. The molecule has 0 spiro atoms. The van der Waals surface area contributed by atoms with Gasteiger partial charge in [-0.2, -0.15) is 0 Å². The van der Waals surface area contributed by atoms with Crippen LogP contribution >= 0.6 is 0 Å². The number of hydrogen-bond donors (Lipinski definition) is 2. The van der Waals surface area contributed by atoms with Crippen molar-refractivity contribution in [2.24, 2.45) is 0 Å². The number of carboxylic acid groups (broad SMARTS) is 1. The number of benzene rings is 1. The zero-order valence-electron chi connectivity index (χ0n) is 8.36. The predicted octanol–water partition coefficient (Wildman–Crippen LogP) is 1.89. The Hall–Kier alpha value is -1.97. The molecular formula is C11H12O4. The molecule has 15 heavy (non-hydrogen) atoms. The van der Waals surface area contributed by atoms with Gasteiger partial charge in [-0.05, 0) is 24.6 Å². The zero-order chi connectivity index (χ0) is 11.4. The molecule has 80 valence electrons. The van der Waals surface area contributed by atoms with Crippen LogP contribution < -0.4 is 4.74 Å². The number of hydrogen-bond acceptors (Lipinski definition) is 3. The normalized spacial score (nSPS) is 9.67. The topological polar surface area (TPSA) is 66.8 Å². The van der Waals surface area contributed by atoms with Gasteiger partial charge in [-0.3, -0.25) is 0 Å². The van der Waals surface area contributed by atoms with Crippen molar-refractivity contribution in [3.8, 4) is 11.5 Å². The van der Waals surface area contributed by atoms with Crippen molar-refractivity contribution in [2.75, 3.05) is 6.61 Å². The lowest BCUT2D eigenvalue weighted by Crippen LogP contribution is -1.99. The van der Waals surface area contributed by atoms with Gasteiger partial charge in [0.25, 0.3) is 0 Å². The van der Waals surface area contributed by atoms with E-state index in [4.69, 9.17) is 9.84 Å². The molecule has 0 aliphatic heterocycles. The summed E-state index contributed by atoms with van der Waals surface area (Å²) >= 11 is 0. The third-order valence-electron chi connectivity index (χ3n) is 1.87. The lowest BCUT2D eigenvalue weighted by Gasteiger charge is -2.07. The van der Waals surface area contributed by atoms with E-state index >= 15 is 0 Å². The van der Waals surface area contributed by atoms with Crippen molar-refractivity contribution in [3.63, 3.8) is 0 Å². The standard InChI is InChI=1S/C11H12O4/c1-3-15-10-6-8(4-5-9(10)12)7(2)11(13)14/h4-6,12H,2-3H2,1H3,(H,13,14). The van der Waals surface area contributed by atoms with Crippen molar-refractivity contribution in [2.45, 2.75) is 6.92 Å². The molecule has 0 radical (unpaired) electrons. The van der Waals surface area contributed by atoms with Crippen LogP contribution in [0.3, 0.4) is 0 Å². The Labute approximate surface area is 87.4 Å². The van der Waals surface area contributed by atoms with E-state index in [1.54, 1.807) is 6.92 Å². The number of carbonyl (C=O) groups is 1. The molecule has 1 rings (SSSR count). The fourth-order valence-electron chi connectivity index (χ4n) is 1.10. The second-order valence-corrected chi connectivity index (χ2v) is 2.90. The molecule has 2 N–H and O–H groups in total. The Morgan fingerprint density at radius 1 is 1.53 bits per heavy atom. The Bertz CT molecular complexity index is 396. The first-order chi connectivity index (χ1) is 7.06. The maximum absolute atomic E-state index is 10.7. The van der Waals surface area contributed by atoms with Gasteiger partial charge in [-0.15, -0.1) is 0 Å². The van der Waals surface area contributed by atoms with E-state index in [0.29, 0.717) is 12.2 Å². The van der Waals surface area contributed by atoms with Gasteiger partial charge in [-0.25, -0.2) is 4.79 Å². The first kappa shape index (κ1) is 11.1. The number of ether oxygens (including phenoxy) is 1. The van der Waals surface area contributed by atoms with Crippen molar-refractivity contribution in [1.82, 2.24) is 0 Å². The maximum Gasteiger partial charge on any atom is 0.335 e. The van der Waals surface area contributed by atoms with Gasteiger partial charge in [-0.1, -0.05) is 12.6 Å². The van der Waals surface area contributed by atoms with Crippen LogP contribution in [0.2, 0.25) is 0 Å². The molecule has 0 saturated heterocycles. The molecule has 0 bridgehead atoms. The Morgan fingerprint density at radius 2 is 2.20 bits per heavy atom. The highest BCUT2D eigenvalue weighted by molar-refractivity contribution is 6.14. The van der Waals surface area contributed by atoms with Gasteiger partial charge in [0.05, 0.1) is 12.2 Å². The summed E-state index contributed by atoms with van der Waals surface area (Å²) in [5.74, 6) is -0.848. The van der Waals surface area contributed by atoms with Gasteiger partial charge in [0.15, 0.2) is 11.5 Å². The summed E-state index contributed by atoms with van der Waals surface area (Å²) in [5, 5.41) is 18.1. The van der Waals surface area contributed by atoms with Gasteiger partial charge in [0.2, 0.25) is 0 Å². The number of phenolic OH excluding ortho intramolecular Hbond substituents is 1. The molecule has 1 aromatic rings. The number of phenols is 1. The van der Waals surface area contributed by atoms with E-state index in [2.05, 4.69) is 6.58 Å². The molecule has 0 aliphatic rings. The van der Waals surface area contributed by atoms with Crippen LogP contribution in [0.25, 0.3) is 5.57 Å². The molecule has 4 nitrogen and oxygen atoms in total. The molecular weight excluding hydrogens is 196 g/mol. The summed E-state index contributed by atoms with van der Waals surface area (Å²) in [7, 11) is 0. The fraction of sp³-hybridized carbons (Fsp3) is 0.182. The molecule has 0 amide bonds. The summed E-state index contributed by atoms with van der Waals surface area (Å²) in [5.41, 5.74) is 0.389. The average Bonchev–Trinajstić information content (AvgIpc) is 2.20. The molecule has 0 fully saturated rings. The van der Waals surface area contributed by atoms with Crippen molar-refractivity contribution < 1.29 is 19.7 Å². The lowest BCUT2D eigenvalue weighted by atomic mass is 10.1. The largest absolute Gasteiger partial charge is 0.504 e. The molecule has 0 aliphatic carbocycles. The Balaban J connectivity index is 3.07. The van der Waals surface area contributed by atoms with Gasteiger partial charge >= 0.3 is 5.97 Å². The number of aliphatic carboxylic acids is 1. The van der Waals surface area contributed by atoms with Crippen LogP contribution in [0.5, 0.6) is 11.5 Å². The van der Waals surface area contributed by atoms with E-state index in [-0.39, 0.29) is 17.1 Å². The quantitative estimate of drug-likeness (QED) is 0.741. The van der Waals surface area contributed by atoms with Crippen molar-refractivity contribution >= 4 is 11.5 Å². The second-order valence-electron chi connectivity index (χ2n) is 2.90. The number of carboxylic acids is 1. The van der Waals surface area contributed by atoms with Gasteiger partial charge < -0.3 is 14.9 Å². The minimum atomic E-state index is -1.09. The van der Waals surface area contributed by atoms with E-state index in [1.165, 1.54) is 18.2 Å². The van der Waals surface area contributed by atoms with E-state index in [0.717, 1.165) is 0 Å². The summed E-state index contributed by atoms with van der Waals surface area (Å²) in [6, 6.07) is 4.32. The van der Waals surface area contributed by atoms with E-state index < -0.39 is 5.97 Å². The lowest BCUT2D eigenvalue weighted by molar-refractivity contribution is -0.130. The molecule has 0 saturated carbocycles. The molecule has 0 unspecified atom stereocenters. The monoisotopic (exact) mass is 208 g/mol. The highest BCUT2D eigenvalue weighted by Crippen LogP contribution is 2.29. The van der Waals surface area contributed by atoms with Crippen LogP contribution in [0.1, 0.15) is 12.5 Å². The summed E-state index contributed by atoms with van der Waals surface area (Å²) < 4.78 is 5.12. The Morgan fingerprint density at radius 3 is 2.73 bits per heavy atom.